The lowest BCUT2D eigenvalue weighted by molar-refractivity contribution is 0.0658. The van der Waals surface area contributed by atoms with E-state index in [1.165, 1.54) is 19.2 Å². The molecule has 0 bridgehead atoms. The molecule has 0 aliphatic rings. The summed E-state index contributed by atoms with van der Waals surface area (Å²) in [7, 11) is -2.14. The molecule has 84 valence electrons. The van der Waals surface area contributed by atoms with Gasteiger partial charge < -0.3 is 4.84 Å². The molecule has 0 fully saturated rings. The van der Waals surface area contributed by atoms with Gasteiger partial charge in [0.05, 0.1) is 18.0 Å². The van der Waals surface area contributed by atoms with Gasteiger partial charge in [-0.15, -0.1) is 0 Å². The van der Waals surface area contributed by atoms with Gasteiger partial charge in [0.1, 0.15) is 0 Å². The molecule has 5 nitrogen and oxygen atoms in total. The lowest BCUT2D eigenvalue weighted by Crippen LogP contribution is -2.18. The predicted octanol–water partition coefficient (Wildman–Crippen LogP) is 0.546. The molecule has 3 N–H and O–H groups in total. The number of hydroxylamine groups is 1. The molecule has 0 aromatic heterocycles. The van der Waals surface area contributed by atoms with E-state index in [-0.39, 0.29) is 10.9 Å². The van der Waals surface area contributed by atoms with Gasteiger partial charge in [-0.2, -0.15) is 5.48 Å². The van der Waals surface area contributed by atoms with E-state index in [1.54, 1.807) is 12.1 Å². The summed E-state index contributed by atoms with van der Waals surface area (Å²) in [5.41, 5.74) is 3.50. The topological polar surface area (TPSA) is 81.4 Å². The molecule has 1 aromatic carbocycles. The molecular weight excluding hydrogens is 216 g/mol. The standard InChI is InChI=1S/C9H14N2O3S/c1-7(11-14-2)8-4-3-5-9(6-8)15(10,12)13/h3-7,11H,1-2H3,(H2,10,12,13). The molecule has 1 aromatic rings. The summed E-state index contributed by atoms with van der Waals surface area (Å²) < 4.78 is 22.2. The van der Waals surface area contributed by atoms with E-state index in [1.807, 2.05) is 6.92 Å². The second kappa shape index (κ2) is 4.71. The molecule has 1 unspecified atom stereocenters. The molecule has 0 spiro atoms. The largest absolute Gasteiger partial charge is 0.305 e. The van der Waals surface area contributed by atoms with Gasteiger partial charge in [-0.1, -0.05) is 12.1 Å². The molecule has 6 heteroatoms. The lowest BCUT2D eigenvalue weighted by atomic mass is 10.1. The van der Waals surface area contributed by atoms with Gasteiger partial charge in [-0.05, 0) is 24.6 Å². The van der Waals surface area contributed by atoms with Crippen molar-refractivity contribution in [3.05, 3.63) is 29.8 Å². The van der Waals surface area contributed by atoms with Crippen LogP contribution in [0, 0.1) is 0 Å². The summed E-state index contributed by atoms with van der Waals surface area (Å²) in [6, 6.07) is 6.32. The Balaban J connectivity index is 3.03. The summed E-state index contributed by atoms with van der Waals surface area (Å²) in [5.74, 6) is 0. The van der Waals surface area contributed by atoms with Crippen LogP contribution in [0.4, 0.5) is 0 Å². The number of hydrogen-bond donors (Lipinski definition) is 2. The molecule has 0 aliphatic carbocycles. The first kappa shape index (κ1) is 12.1. The number of nitrogens with one attached hydrogen (secondary N) is 1. The minimum Gasteiger partial charge on any atom is -0.305 e. The van der Waals surface area contributed by atoms with Crippen LogP contribution in [-0.4, -0.2) is 15.5 Å². The fourth-order valence-corrected chi connectivity index (χ4v) is 1.77. The van der Waals surface area contributed by atoms with Crippen LogP contribution in [0.25, 0.3) is 0 Å². The SMILES string of the molecule is CONC(C)c1cccc(S(N)(=O)=O)c1. The van der Waals surface area contributed by atoms with Gasteiger partial charge >= 0.3 is 0 Å². The van der Waals surface area contributed by atoms with Gasteiger partial charge in [0.25, 0.3) is 0 Å². The normalized spacial score (nSPS) is 13.8. The van der Waals surface area contributed by atoms with Gasteiger partial charge in [0.15, 0.2) is 0 Å². The van der Waals surface area contributed by atoms with Crippen LogP contribution in [0.1, 0.15) is 18.5 Å². The van der Waals surface area contributed by atoms with E-state index in [2.05, 4.69) is 5.48 Å². The highest BCUT2D eigenvalue weighted by Gasteiger charge is 2.10. The molecule has 1 rings (SSSR count). The van der Waals surface area contributed by atoms with Crippen LogP contribution in [0.5, 0.6) is 0 Å². The molecule has 0 radical (unpaired) electrons. The summed E-state index contributed by atoms with van der Waals surface area (Å²) in [4.78, 5) is 4.85. The van der Waals surface area contributed by atoms with Crippen LogP contribution < -0.4 is 10.6 Å². The Morgan fingerprint density at radius 3 is 2.67 bits per heavy atom. The maximum Gasteiger partial charge on any atom is 0.238 e. The second-order valence-corrected chi connectivity index (χ2v) is 4.72. The van der Waals surface area contributed by atoms with Crippen molar-refractivity contribution in [1.82, 2.24) is 5.48 Å². The third-order valence-corrected chi connectivity index (χ3v) is 2.89. The Bertz CT molecular complexity index is 431. The summed E-state index contributed by atoms with van der Waals surface area (Å²) in [6.07, 6.45) is 0. The van der Waals surface area contributed by atoms with Crippen molar-refractivity contribution >= 4 is 10.0 Å². The smallest absolute Gasteiger partial charge is 0.238 e. The third-order valence-electron chi connectivity index (χ3n) is 1.98. The highest BCUT2D eigenvalue weighted by molar-refractivity contribution is 7.89. The highest BCUT2D eigenvalue weighted by atomic mass is 32.2. The zero-order valence-corrected chi connectivity index (χ0v) is 9.41. The average Bonchev–Trinajstić information content (AvgIpc) is 2.17. The molecule has 0 saturated heterocycles. The average molecular weight is 230 g/mol. The number of benzene rings is 1. The van der Waals surface area contributed by atoms with Gasteiger partial charge in [0, 0.05) is 0 Å². The van der Waals surface area contributed by atoms with Crippen LogP contribution in [0.3, 0.4) is 0 Å². The maximum absolute atomic E-state index is 11.1. The molecule has 0 aliphatic heterocycles. The zero-order valence-electron chi connectivity index (χ0n) is 8.60. The molecule has 0 amide bonds. The van der Waals surface area contributed by atoms with Gasteiger partial charge in [0.2, 0.25) is 10.0 Å². The first-order valence-electron chi connectivity index (χ1n) is 4.36. The molecular formula is C9H14N2O3S. The minimum absolute atomic E-state index is 0.100. The van der Waals surface area contributed by atoms with Gasteiger partial charge in [-0.3, -0.25) is 0 Å². The first-order chi connectivity index (χ1) is 6.95. The van der Waals surface area contributed by atoms with Gasteiger partial charge in [-0.25, -0.2) is 13.6 Å². The quantitative estimate of drug-likeness (QED) is 0.740. The van der Waals surface area contributed by atoms with Crippen molar-refractivity contribution in [2.75, 3.05) is 7.11 Å². The summed E-state index contributed by atoms with van der Waals surface area (Å²) in [5, 5.41) is 5.02. The van der Waals surface area contributed by atoms with Crippen molar-refractivity contribution in [3.63, 3.8) is 0 Å². The van der Waals surface area contributed by atoms with Crippen molar-refractivity contribution < 1.29 is 13.3 Å². The highest BCUT2D eigenvalue weighted by Crippen LogP contribution is 2.16. The van der Waals surface area contributed by atoms with E-state index >= 15 is 0 Å². The number of sulfonamides is 1. The van der Waals surface area contributed by atoms with Crippen molar-refractivity contribution in [1.29, 1.82) is 0 Å². The Labute approximate surface area is 89.2 Å². The zero-order chi connectivity index (χ0) is 11.5. The van der Waals surface area contributed by atoms with E-state index in [0.717, 1.165) is 5.56 Å². The number of nitrogens with two attached hydrogens (primary N) is 1. The second-order valence-electron chi connectivity index (χ2n) is 3.16. The summed E-state index contributed by atoms with van der Waals surface area (Å²) in [6.45, 7) is 1.85. The van der Waals surface area contributed by atoms with E-state index < -0.39 is 10.0 Å². The minimum atomic E-state index is -3.64. The Hall–Kier alpha value is -0.950. The van der Waals surface area contributed by atoms with E-state index in [4.69, 9.17) is 9.98 Å². The van der Waals surface area contributed by atoms with Crippen molar-refractivity contribution in [2.24, 2.45) is 5.14 Å². The van der Waals surface area contributed by atoms with E-state index in [0.29, 0.717) is 0 Å². The maximum atomic E-state index is 11.1. The fraction of sp³-hybridized carbons (Fsp3) is 0.333. The molecule has 1 atom stereocenters. The molecule has 0 heterocycles. The Morgan fingerprint density at radius 2 is 2.13 bits per heavy atom. The lowest BCUT2D eigenvalue weighted by Gasteiger charge is -2.12. The molecule has 0 saturated carbocycles. The van der Waals surface area contributed by atoms with E-state index in [9.17, 15) is 8.42 Å². The number of rotatable bonds is 4. The van der Waals surface area contributed by atoms with Crippen molar-refractivity contribution in [3.8, 4) is 0 Å². The number of hydrogen-bond acceptors (Lipinski definition) is 4. The Morgan fingerprint density at radius 1 is 1.47 bits per heavy atom. The van der Waals surface area contributed by atoms with Crippen LogP contribution >= 0.6 is 0 Å². The third kappa shape index (κ3) is 3.28. The fourth-order valence-electron chi connectivity index (χ4n) is 1.21. The van der Waals surface area contributed by atoms with Crippen LogP contribution in [0.15, 0.2) is 29.2 Å². The predicted molar refractivity (Wildman–Crippen MR) is 56.4 cm³/mol. The Kier molecular flexibility index (Phi) is 3.81. The summed E-state index contributed by atoms with van der Waals surface area (Å²) >= 11 is 0. The monoisotopic (exact) mass is 230 g/mol. The van der Waals surface area contributed by atoms with Crippen molar-refractivity contribution in [2.45, 2.75) is 17.9 Å². The number of primary sulfonamides is 1. The van der Waals surface area contributed by atoms with Crippen LogP contribution in [-0.2, 0) is 14.9 Å². The molecule has 15 heavy (non-hydrogen) atoms. The first-order valence-corrected chi connectivity index (χ1v) is 5.91. The van der Waals surface area contributed by atoms with Crippen LogP contribution in [0.2, 0.25) is 0 Å².